The molecule has 1 aliphatic heterocycles. The summed E-state index contributed by atoms with van der Waals surface area (Å²) >= 11 is 0. The van der Waals surface area contributed by atoms with E-state index in [1.807, 2.05) is 6.92 Å². The van der Waals surface area contributed by atoms with Crippen LogP contribution in [-0.4, -0.2) is 36.6 Å². The van der Waals surface area contributed by atoms with Crippen LogP contribution in [0, 0.1) is 5.82 Å². The fourth-order valence-electron chi connectivity index (χ4n) is 2.39. The predicted octanol–water partition coefficient (Wildman–Crippen LogP) is 1.04. The molecule has 0 radical (unpaired) electrons. The van der Waals surface area contributed by atoms with Crippen LogP contribution in [0.4, 0.5) is 4.39 Å². The lowest BCUT2D eigenvalue weighted by molar-refractivity contribution is 0.0666. The van der Waals surface area contributed by atoms with Crippen LogP contribution in [0.2, 0.25) is 0 Å². The van der Waals surface area contributed by atoms with E-state index in [9.17, 15) is 9.18 Å². The third kappa shape index (κ3) is 3.75. The first kappa shape index (κ1) is 14.9. The van der Waals surface area contributed by atoms with Gasteiger partial charge < -0.3 is 4.74 Å². The molecule has 1 amide bonds. The highest BCUT2D eigenvalue weighted by molar-refractivity contribution is 5.93. The fraction of sp³-hybridized carbons (Fsp3) is 0.500. The van der Waals surface area contributed by atoms with Gasteiger partial charge in [0.25, 0.3) is 5.91 Å². The summed E-state index contributed by atoms with van der Waals surface area (Å²) in [5, 5.41) is 0. The molecule has 1 unspecified atom stereocenters. The number of amides is 1. The average Bonchev–Trinajstić information content (AvgIpc) is 2.64. The van der Waals surface area contributed by atoms with Gasteiger partial charge in [-0.15, -0.1) is 0 Å². The molecule has 0 saturated carbocycles. The van der Waals surface area contributed by atoms with Gasteiger partial charge in [-0.1, -0.05) is 0 Å². The molecular weight excluding hydrogens is 261 g/mol. The summed E-state index contributed by atoms with van der Waals surface area (Å²) in [6.07, 6.45) is 1.06. The van der Waals surface area contributed by atoms with E-state index in [0.29, 0.717) is 17.7 Å². The maximum Gasteiger partial charge on any atom is 0.265 e. The number of nitrogens with zero attached hydrogens (tertiary/aromatic N) is 1. The molecule has 1 atom stereocenters. The third-order valence-electron chi connectivity index (χ3n) is 3.37. The quantitative estimate of drug-likeness (QED) is 0.493. The van der Waals surface area contributed by atoms with Gasteiger partial charge >= 0.3 is 0 Å². The van der Waals surface area contributed by atoms with E-state index in [1.54, 1.807) is 6.07 Å². The first-order valence-corrected chi connectivity index (χ1v) is 6.73. The second-order valence-corrected chi connectivity index (χ2v) is 5.05. The van der Waals surface area contributed by atoms with Crippen molar-refractivity contribution in [2.45, 2.75) is 26.0 Å². The summed E-state index contributed by atoms with van der Waals surface area (Å²) in [4.78, 5) is 13.6. The van der Waals surface area contributed by atoms with Crippen molar-refractivity contribution in [3.8, 4) is 0 Å². The van der Waals surface area contributed by atoms with Crippen molar-refractivity contribution in [3.63, 3.8) is 0 Å². The van der Waals surface area contributed by atoms with E-state index in [1.165, 1.54) is 12.1 Å². The van der Waals surface area contributed by atoms with Crippen molar-refractivity contribution in [2.24, 2.45) is 5.84 Å². The van der Waals surface area contributed by atoms with Crippen LogP contribution in [0.3, 0.4) is 0 Å². The Morgan fingerprint density at radius 3 is 3.15 bits per heavy atom. The summed E-state index contributed by atoms with van der Waals surface area (Å²) in [6.45, 7) is 4.82. The Bertz CT molecular complexity index is 481. The molecule has 0 spiro atoms. The molecule has 20 heavy (non-hydrogen) atoms. The van der Waals surface area contributed by atoms with Gasteiger partial charge in [0.2, 0.25) is 0 Å². The Balaban J connectivity index is 2.13. The topological polar surface area (TPSA) is 67.6 Å². The van der Waals surface area contributed by atoms with Gasteiger partial charge in [-0.05, 0) is 31.5 Å². The monoisotopic (exact) mass is 281 g/mol. The standard InChI is InChI=1S/C14H20FN3O2/c1-10-8-18(5-2-6-20-10)9-12-7-11(14(19)17-16)3-4-13(12)15/h3-4,7,10H,2,5-6,8-9,16H2,1H3,(H,17,19). The number of carbonyl (C=O) groups excluding carboxylic acids is 1. The van der Waals surface area contributed by atoms with E-state index < -0.39 is 5.91 Å². The molecule has 0 aromatic heterocycles. The van der Waals surface area contributed by atoms with Crippen LogP contribution in [0.5, 0.6) is 0 Å². The predicted molar refractivity (Wildman–Crippen MR) is 73.4 cm³/mol. The number of nitrogen functional groups attached to an aromatic ring is 1. The molecule has 1 aromatic rings. The van der Waals surface area contributed by atoms with Crippen LogP contribution < -0.4 is 11.3 Å². The Morgan fingerprint density at radius 2 is 2.40 bits per heavy atom. The Morgan fingerprint density at radius 1 is 1.60 bits per heavy atom. The van der Waals surface area contributed by atoms with Crippen LogP contribution in [-0.2, 0) is 11.3 Å². The van der Waals surface area contributed by atoms with Crippen LogP contribution in [0.15, 0.2) is 18.2 Å². The number of hydrogen-bond acceptors (Lipinski definition) is 4. The SMILES string of the molecule is CC1CN(Cc2cc(C(=O)NN)ccc2F)CCCO1. The van der Waals surface area contributed by atoms with Crippen LogP contribution in [0.25, 0.3) is 0 Å². The summed E-state index contributed by atoms with van der Waals surface area (Å²) in [5.74, 6) is 4.37. The molecule has 1 aromatic carbocycles. The number of halogens is 1. The normalized spacial score (nSPS) is 20.4. The van der Waals surface area contributed by atoms with Gasteiger partial charge in [0, 0.05) is 37.4 Å². The maximum atomic E-state index is 13.9. The maximum absolute atomic E-state index is 13.9. The third-order valence-corrected chi connectivity index (χ3v) is 3.37. The number of rotatable bonds is 3. The van der Waals surface area contributed by atoms with Crippen molar-refractivity contribution in [2.75, 3.05) is 19.7 Å². The average molecular weight is 281 g/mol. The molecule has 1 aliphatic rings. The molecule has 6 heteroatoms. The molecular formula is C14H20FN3O2. The summed E-state index contributed by atoms with van der Waals surface area (Å²) < 4.78 is 19.4. The molecule has 110 valence electrons. The van der Waals surface area contributed by atoms with E-state index >= 15 is 0 Å². The van der Waals surface area contributed by atoms with Crippen molar-refractivity contribution in [3.05, 3.63) is 35.1 Å². The lowest BCUT2D eigenvalue weighted by Crippen LogP contribution is -2.31. The Labute approximate surface area is 117 Å². The minimum absolute atomic E-state index is 0.135. The number of nitrogens with one attached hydrogen (secondary N) is 1. The second kappa shape index (κ2) is 6.78. The van der Waals surface area contributed by atoms with Crippen molar-refractivity contribution >= 4 is 5.91 Å². The first-order valence-electron chi connectivity index (χ1n) is 6.73. The van der Waals surface area contributed by atoms with Gasteiger partial charge in [-0.3, -0.25) is 15.1 Å². The smallest absolute Gasteiger partial charge is 0.265 e. The molecule has 0 aliphatic carbocycles. The molecule has 1 saturated heterocycles. The molecule has 0 bridgehead atoms. The lowest BCUT2D eigenvalue weighted by Gasteiger charge is -2.22. The van der Waals surface area contributed by atoms with E-state index in [4.69, 9.17) is 10.6 Å². The number of hydrogen-bond donors (Lipinski definition) is 2. The number of hydrazine groups is 1. The fourth-order valence-corrected chi connectivity index (χ4v) is 2.39. The highest BCUT2D eigenvalue weighted by atomic mass is 19.1. The highest BCUT2D eigenvalue weighted by Gasteiger charge is 2.17. The van der Waals surface area contributed by atoms with Gasteiger partial charge in [-0.25, -0.2) is 10.2 Å². The minimum Gasteiger partial charge on any atom is -0.377 e. The number of benzene rings is 1. The number of carbonyl (C=O) groups is 1. The largest absolute Gasteiger partial charge is 0.377 e. The van der Waals surface area contributed by atoms with Crippen LogP contribution in [0.1, 0.15) is 29.3 Å². The van der Waals surface area contributed by atoms with Gasteiger partial charge in [0.15, 0.2) is 0 Å². The van der Waals surface area contributed by atoms with Gasteiger partial charge in [0.05, 0.1) is 6.10 Å². The van der Waals surface area contributed by atoms with Crippen molar-refractivity contribution < 1.29 is 13.9 Å². The van der Waals surface area contributed by atoms with E-state index in [2.05, 4.69) is 10.3 Å². The molecule has 3 N–H and O–H groups in total. The molecule has 1 heterocycles. The minimum atomic E-state index is -0.418. The zero-order valence-electron chi connectivity index (χ0n) is 11.6. The van der Waals surface area contributed by atoms with Crippen molar-refractivity contribution in [1.29, 1.82) is 0 Å². The first-order chi connectivity index (χ1) is 9.60. The van der Waals surface area contributed by atoms with Crippen molar-refractivity contribution in [1.82, 2.24) is 10.3 Å². The van der Waals surface area contributed by atoms with E-state index in [0.717, 1.165) is 26.1 Å². The number of ether oxygens (including phenoxy) is 1. The highest BCUT2D eigenvalue weighted by Crippen LogP contribution is 2.15. The van der Waals surface area contributed by atoms with Gasteiger partial charge in [-0.2, -0.15) is 0 Å². The van der Waals surface area contributed by atoms with E-state index in [-0.39, 0.29) is 11.9 Å². The molecule has 2 rings (SSSR count). The summed E-state index contributed by atoms with van der Waals surface area (Å²) in [6, 6.07) is 4.28. The summed E-state index contributed by atoms with van der Waals surface area (Å²) in [5.41, 5.74) is 2.92. The molecule has 1 fully saturated rings. The Kier molecular flexibility index (Phi) is 5.05. The molecule has 5 nitrogen and oxygen atoms in total. The second-order valence-electron chi connectivity index (χ2n) is 5.05. The zero-order valence-corrected chi connectivity index (χ0v) is 11.6. The summed E-state index contributed by atoms with van der Waals surface area (Å²) in [7, 11) is 0. The lowest BCUT2D eigenvalue weighted by atomic mass is 10.1. The van der Waals surface area contributed by atoms with Gasteiger partial charge in [0.1, 0.15) is 5.82 Å². The Hall–Kier alpha value is -1.50. The van der Waals surface area contributed by atoms with Crippen LogP contribution >= 0.6 is 0 Å². The number of nitrogens with two attached hydrogens (primary N) is 1. The zero-order chi connectivity index (χ0) is 14.5.